The number of hydrogen-bond donors (Lipinski definition) is 2. The maximum atomic E-state index is 9.24. The molecule has 3 aromatic heterocycles. The molecule has 0 radical (unpaired) electrons. The first-order chi connectivity index (χ1) is 10.7. The third kappa shape index (κ3) is 2.00. The molecule has 0 aromatic carbocycles. The van der Waals surface area contributed by atoms with Crippen LogP contribution < -0.4 is 5.32 Å². The molecule has 7 heteroatoms. The molecular formula is C15H15N7. The molecule has 3 aromatic rings. The largest absolute Gasteiger partial charge is 0.345 e. The first-order valence-corrected chi connectivity index (χ1v) is 7.22. The molecule has 1 aliphatic rings. The van der Waals surface area contributed by atoms with E-state index < -0.39 is 0 Å². The summed E-state index contributed by atoms with van der Waals surface area (Å²) in [7, 11) is 1.88. The Morgan fingerprint density at radius 2 is 2.23 bits per heavy atom. The molecule has 0 saturated heterocycles. The van der Waals surface area contributed by atoms with E-state index >= 15 is 0 Å². The predicted octanol–water partition coefficient (Wildman–Crippen LogP) is 2.49. The minimum atomic E-state index is 0.434. The number of rotatable bonds is 3. The van der Waals surface area contributed by atoms with Gasteiger partial charge in [0.25, 0.3) is 0 Å². The molecule has 110 valence electrons. The summed E-state index contributed by atoms with van der Waals surface area (Å²) >= 11 is 0. The average Bonchev–Trinajstić information content (AvgIpc) is 3.18. The lowest BCUT2D eigenvalue weighted by atomic mass is 10.1. The van der Waals surface area contributed by atoms with Gasteiger partial charge in [-0.05, 0) is 19.8 Å². The second-order valence-corrected chi connectivity index (χ2v) is 5.67. The number of aryl methyl sites for hydroxylation is 2. The first-order valence-electron chi connectivity index (χ1n) is 7.22. The number of aromatic amines is 1. The van der Waals surface area contributed by atoms with E-state index in [0.717, 1.165) is 35.3 Å². The fourth-order valence-corrected chi connectivity index (χ4v) is 2.70. The minimum Gasteiger partial charge on any atom is -0.345 e. The molecule has 22 heavy (non-hydrogen) atoms. The molecule has 2 N–H and O–H groups in total. The average molecular weight is 293 g/mol. The van der Waals surface area contributed by atoms with Crippen molar-refractivity contribution in [3.8, 4) is 6.07 Å². The number of nitrogens with one attached hydrogen (secondary N) is 2. The van der Waals surface area contributed by atoms with E-state index in [0.29, 0.717) is 23.1 Å². The predicted molar refractivity (Wildman–Crippen MR) is 81.8 cm³/mol. The summed E-state index contributed by atoms with van der Waals surface area (Å²) < 4.78 is 1.75. The molecule has 1 fully saturated rings. The van der Waals surface area contributed by atoms with Crippen LogP contribution in [0.2, 0.25) is 0 Å². The Labute approximate surface area is 127 Å². The summed E-state index contributed by atoms with van der Waals surface area (Å²) in [6.07, 6.45) is 5.83. The zero-order chi connectivity index (χ0) is 15.3. The Balaban J connectivity index is 1.82. The zero-order valence-corrected chi connectivity index (χ0v) is 12.4. The number of fused-ring (bicyclic) bond motifs is 1. The van der Waals surface area contributed by atoms with Crippen LogP contribution in [0.1, 0.15) is 35.7 Å². The van der Waals surface area contributed by atoms with Gasteiger partial charge in [-0.1, -0.05) is 0 Å². The maximum absolute atomic E-state index is 9.24. The second-order valence-electron chi connectivity index (χ2n) is 5.67. The third-order valence-corrected chi connectivity index (χ3v) is 3.90. The first kappa shape index (κ1) is 12.8. The summed E-state index contributed by atoms with van der Waals surface area (Å²) in [6.45, 7) is 1.94. The fourth-order valence-electron chi connectivity index (χ4n) is 2.70. The summed E-state index contributed by atoms with van der Waals surface area (Å²) in [5, 5.41) is 17.6. The quantitative estimate of drug-likeness (QED) is 0.773. The van der Waals surface area contributed by atoms with Crippen LogP contribution in [0.15, 0.2) is 12.4 Å². The number of nitriles is 1. The molecule has 0 unspecified atom stereocenters. The Morgan fingerprint density at radius 1 is 1.41 bits per heavy atom. The van der Waals surface area contributed by atoms with Gasteiger partial charge in [-0.2, -0.15) is 15.3 Å². The van der Waals surface area contributed by atoms with Gasteiger partial charge in [0.1, 0.15) is 11.7 Å². The van der Waals surface area contributed by atoms with E-state index in [2.05, 4.69) is 31.4 Å². The van der Waals surface area contributed by atoms with Crippen molar-refractivity contribution in [2.75, 3.05) is 5.32 Å². The van der Waals surface area contributed by atoms with Crippen LogP contribution in [-0.4, -0.2) is 24.7 Å². The molecule has 0 aliphatic heterocycles. The summed E-state index contributed by atoms with van der Waals surface area (Å²) in [4.78, 5) is 12.2. The van der Waals surface area contributed by atoms with Crippen LogP contribution in [0.4, 0.5) is 11.6 Å². The molecular weight excluding hydrogens is 278 g/mol. The van der Waals surface area contributed by atoms with Crippen molar-refractivity contribution in [1.29, 1.82) is 5.26 Å². The monoisotopic (exact) mass is 293 g/mol. The van der Waals surface area contributed by atoms with Crippen LogP contribution in [0, 0.1) is 18.3 Å². The molecule has 3 heterocycles. The van der Waals surface area contributed by atoms with Gasteiger partial charge < -0.3 is 10.3 Å². The van der Waals surface area contributed by atoms with E-state index in [9.17, 15) is 5.26 Å². The van der Waals surface area contributed by atoms with Gasteiger partial charge >= 0.3 is 0 Å². The molecule has 7 nitrogen and oxygen atoms in total. The molecule has 1 aliphatic carbocycles. The third-order valence-electron chi connectivity index (χ3n) is 3.90. The van der Waals surface area contributed by atoms with Crippen LogP contribution in [0.3, 0.4) is 0 Å². The van der Waals surface area contributed by atoms with Gasteiger partial charge in [-0.3, -0.25) is 4.68 Å². The van der Waals surface area contributed by atoms with Crippen molar-refractivity contribution < 1.29 is 0 Å². The molecule has 4 rings (SSSR count). The van der Waals surface area contributed by atoms with Crippen molar-refractivity contribution in [1.82, 2.24) is 24.7 Å². The van der Waals surface area contributed by atoms with Crippen molar-refractivity contribution in [2.24, 2.45) is 7.05 Å². The van der Waals surface area contributed by atoms with Gasteiger partial charge in [0, 0.05) is 25.4 Å². The Kier molecular flexibility index (Phi) is 2.66. The summed E-state index contributed by atoms with van der Waals surface area (Å²) in [5.74, 6) is 0.973. The van der Waals surface area contributed by atoms with Crippen LogP contribution in [0.25, 0.3) is 11.0 Å². The summed E-state index contributed by atoms with van der Waals surface area (Å²) in [5.41, 5.74) is 4.06. The summed E-state index contributed by atoms with van der Waals surface area (Å²) in [6, 6.07) is 2.21. The number of hydrogen-bond acceptors (Lipinski definition) is 5. The molecule has 0 spiro atoms. The van der Waals surface area contributed by atoms with Gasteiger partial charge in [-0.15, -0.1) is 0 Å². The normalized spacial score (nSPS) is 14.2. The topological polar surface area (TPSA) is 95.2 Å². The lowest BCUT2D eigenvalue weighted by molar-refractivity contribution is 0.756. The second kappa shape index (κ2) is 4.56. The number of H-pyrrole nitrogens is 1. The minimum absolute atomic E-state index is 0.434. The van der Waals surface area contributed by atoms with Gasteiger partial charge in [-0.25, -0.2) is 4.98 Å². The highest BCUT2D eigenvalue weighted by atomic mass is 15.3. The lowest BCUT2D eigenvalue weighted by Crippen LogP contribution is -2.01. The van der Waals surface area contributed by atoms with Gasteiger partial charge in [0.05, 0.1) is 28.0 Å². The Hall–Kier alpha value is -2.88. The van der Waals surface area contributed by atoms with Gasteiger partial charge in [0.15, 0.2) is 0 Å². The molecule has 0 bridgehead atoms. The highest BCUT2D eigenvalue weighted by Gasteiger charge is 2.29. The van der Waals surface area contributed by atoms with E-state index in [1.807, 2.05) is 20.2 Å². The molecule has 1 saturated carbocycles. The standard InChI is InChI=1S/C15H15N7/c1-8-11(7-22(2)21-8)18-15-19-13(9-3-4-9)12-10(5-16)6-17-14(12)20-15/h6-7,9H,3-4H2,1-2H3,(H2,17,18,19,20). The smallest absolute Gasteiger partial charge is 0.229 e. The number of aromatic nitrogens is 5. The van der Waals surface area contributed by atoms with Crippen molar-refractivity contribution in [3.63, 3.8) is 0 Å². The Morgan fingerprint density at radius 3 is 2.86 bits per heavy atom. The van der Waals surface area contributed by atoms with Gasteiger partial charge in [0.2, 0.25) is 5.95 Å². The van der Waals surface area contributed by atoms with E-state index in [1.165, 1.54) is 0 Å². The lowest BCUT2D eigenvalue weighted by Gasteiger charge is -2.07. The van der Waals surface area contributed by atoms with Crippen LogP contribution in [-0.2, 0) is 7.05 Å². The number of nitrogens with zero attached hydrogens (tertiary/aromatic N) is 5. The molecule has 0 amide bonds. The van der Waals surface area contributed by atoms with E-state index in [-0.39, 0.29) is 0 Å². The Bertz CT molecular complexity index is 908. The van der Waals surface area contributed by atoms with Crippen LogP contribution in [0.5, 0.6) is 0 Å². The highest BCUT2D eigenvalue weighted by molar-refractivity contribution is 5.86. The highest BCUT2D eigenvalue weighted by Crippen LogP contribution is 2.43. The van der Waals surface area contributed by atoms with E-state index in [1.54, 1.807) is 10.9 Å². The zero-order valence-electron chi connectivity index (χ0n) is 12.4. The maximum Gasteiger partial charge on any atom is 0.229 e. The van der Waals surface area contributed by atoms with Crippen molar-refractivity contribution in [3.05, 3.63) is 29.3 Å². The number of anilines is 2. The molecule has 0 atom stereocenters. The van der Waals surface area contributed by atoms with Crippen LogP contribution >= 0.6 is 0 Å². The van der Waals surface area contributed by atoms with Crippen molar-refractivity contribution >= 4 is 22.7 Å². The van der Waals surface area contributed by atoms with E-state index in [4.69, 9.17) is 0 Å². The van der Waals surface area contributed by atoms with Crippen molar-refractivity contribution in [2.45, 2.75) is 25.7 Å². The SMILES string of the molecule is Cc1nn(C)cc1Nc1nc(C2CC2)c2c(C#N)c[nH]c2n1. The fraction of sp³-hybridized carbons (Fsp3) is 0.333.